The molecular formula is C16H34N2. The highest BCUT2D eigenvalue weighted by Crippen LogP contribution is 2.20. The van der Waals surface area contributed by atoms with E-state index in [0.29, 0.717) is 6.04 Å². The third-order valence-electron chi connectivity index (χ3n) is 4.04. The molecule has 108 valence electrons. The number of hydrogen-bond donors (Lipinski definition) is 1. The van der Waals surface area contributed by atoms with Crippen LogP contribution in [0, 0.1) is 17.8 Å². The van der Waals surface area contributed by atoms with Crippen molar-refractivity contribution in [1.29, 1.82) is 0 Å². The number of nitrogens with one attached hydrogen (secondary N) is 1. The van der Waals surface area contributed by atoms with Crippen LogP contribution in [0.3, 0.4) is 0 Å². The van der Waals surface area contributed by atoms with E-state index in [4.69, 9.17) is 0 Å². The van der Waals surface area contributed by atoms with Gasteiger partial charge in [-0.15, -0.1) is 0 Å². The molecule has 0 saturated carbocycles. The highest BCUT2D eigenvalue weighted by atomic mass is 15.1. The molecule has 1 fully saturated rings. The summed E-state index contributed by atoms with van der Waals surface area (Å²) in [7, 11) is 0. The summed E-state index contributed by atoms with van der Waals surface area (Å²) in [5, 5.41) is 3.67. The Bertz CT molecular complexity index is 205. The average molecular weight is 254 g/mol. The Morgan fingerprint density at radius 2 is 1.67 bits per heavy atom. The van der Waals surface area contributed by atoms with Gasteiger partial charge >= 0.3 is 0 Å². The van der Waals surface area contributed by atoms with Crippen molar-refractivity contribution < 1.29 is 0 Å². The Balaban J connectivity index is 2.09. The molecule has 1 rings (SSSR count). The zero-order valence-corrected chi connectivity index (χ0v) is 13.2. The molecule has 1 N–H and O–H groups in total. The van der Waals surface area contributed by atoms with E-state index in [1.165, 1.54) is 38.9 Å². The van der Waals surface area contributed by atoms with Gasteiger partial charge in [-0.25, -0.2) is 0 Å². The van der Waals surface area contributed by atoms with E-state index in [2.05, 4.69) is 44.8 Å². The molecule has 1 aliphatic rings. The number of hydrogen-bond acceptors (Lipinski definition) is 2. The van der Waals surface area contributed by atoms with Crippen molar-refractivity contribution in [3.63, 3.8) is 0 Å². The Hall–Kier alpha value is -0.0800. The molecule has 0 spiro atoms. The second-order valence-electron chi connectivity index (χ2n) is 7.03. The molecule has 0 aromatic carbocycles. The summed E-state index contributed by atoms with van der Waals surface area (Å²) in [4.78, 5) is 2.64. The van der Waals surface area contributed by atoms with Crippen LogP contribution in [0.1, 0.15) is 53.9 Å². The van der Waals surface area contributed by atoms with Gasteiger partial charge in [-0.3, -0.25) is 0 Å². The maximum atomic E-state index is 3.67. The first-order chi connectivity index (χ1) is 8.47. The lowest BCUT2D eigenvalue weighted by Gasteiger charge is -2.35. The van der Waals surface area contributed by atoms with Crippen LogP contribution in [-0.4, -0.2) is 37.1 Å². The molecule has 1 aliphatic heterocycles. The maximum absolute atomic E-state index is 3.67. The number of nitrogens with zero attached hydrogens (tertiary/aromatic N) is 1. The van der Waals surface area contributed by atoms with Crippen LogP contribution in [0.25, 0.3) is 0 Å². The molecule has 3 unspecified atom stereocenters. The van der Waals surface area contributed by atoms with Gasteiger partial charge in [0.1, 0.15) is 0 Å². The van der Waals surface area contributed by atoms with Crippen LogP contribution in [0.2, 0.25) is 0 Å². The summed E-state index contributed by atoms with van der Waals surface area (Å²) < 4.78 is 0. The molecule has 18 heavy (non-hydrogen) atoms. The van der Waals surface area contributed by atoms with E-state index in [1.54, 1.807) is 0 Å². The number of piperidine rings is 1. The largest absolute Gasteiger partial charge is 0.313 e. The van der Waals surface area contributed by atoms with Crippen molar-refractivity contribution in [2.45, 2.75) is 59.9 Å². The highest BCUT2D eigenvalue weighted by molar-refractivity contribution is 4.75. The Kier molecular flexibility index (Phi) is 7.25. The molecular weight excluding hydrogens is 220 g/mol. The molecule has 0 aromatic rings. The second kappa shape index (κ2) is 8.16. The van der Waals surface area contributed by atoms with Gasteiger partial charge in [0, 0.05) is 32.2 Å². The highest BCUT2D eigenvalue weighted by Gasteiger charge is 2.21. The van der Waals surface area contributed by atoms with Crippen LogP contribution >= 0.6 is 0 Å². The van der Waals surface area contributed by atoms with Crippen molar-refractivity contribution in [1.82, 2.24) is 10.2 Å². The van der Waals surface area contributed by atoms with Gasteiger partial charge in [-0.1, -0.05) is 27.7 Å². The van der Waals surface area contributed by atoms with Gasteiger partial charge in [0.15, 0.2) is 0 Å². The standard InChI is InChI=1S/C16H34N2/c1-13(2)6-7-16(5)17-8-9-18-11-14(3)10-15(4)12-18/h13-17H,6-12H2,1-5H3. The van der Waals surface area contributed by atoms with E-state index in [1.807, 2.05) is 0 Å². The SMILES string of the molecule is CC(C)CCC(C)NCCN1CC(C)CC(C)C1. The summed E-state index contributed by atoms with van der Waals surface area (Å²) in [6, 6.07) is 0.673. The summed E-state index contributed by atoms with van der Waals surface area (Å²) in [6.07, 6.45) is 4.06. The van der Waals surface area contributed by atoms with Crippen molar-refractivity contribution in [2.24, 2.45) is 17.8 Å². The van der Waals surface area contributed by atoms with E-state index in [-0.39, 0.29) is 0 Å². The Labute approximate surface area is 115 Å². The summed E-state index contributed by atoms with van der Waals surface area (Å²) in [5.74, 6) is 2.59. The van der Waals surface area contributed by atoms with E-state index >= 15 is 0 Å². The molecule has 0 amide bonds. The van der Waals surface area contributed by atoms with Gasteiger partial charge in [0.05, 0.1) is 0 Å². The topological polar surface area (TPSA) is 15.3 Å². The van der Waals surface area contributed by atoms with Gasteiger partial charge in [0.25, 0.3) is 0 Å². The normalized spacial score (nSPS) is 27.7. The zero-order chi connectivity index (χ0) is 13.5. The molecule has 2 nitrogen and oxygen atoms in total. The fourth-order valence-electron chi connectivity index (χ4n) is 3.13. The van der Waals surface area contributed by atoms with Crippen LogP contribution in [0.5, 0.6) is 0 Å². The average Bonchev–Trinajstić information content (AvgIpc) is 2.25. The first-order valence-electron chi connectivity index (χ1n) is 7.93. The minimum absolute atomic E-state index is 0.673. The first kappa shape index (κ1) is 16.0. The minimum atomic E-state index is 0.673. The number of rotatable bonds is 7. The molecule has 0 aromatic heterocycles. The van der Waals surface area contributed by atoms with Crippen molar-refractivity contribution >= 4 is 0 Å². The van der Waals surface area contributed by atoms with E-state index < -0.39 is 0 Å². The van der Waals surface area contributed by atoms with Crippen LogP contribution in [0.4, 0.5) is 0 Å². The molecule has 3 atom stereocenters. The zero-order valence-electron chi connectivity index (χ0n) is 13.2. The second-order valence-corrected chi connectivity index (χ2v) is 7.03. The van der Waals surface area contributed by atoms with Crippen LogP contribution in [-0.2, 0) is 0 Å². The summed E-state index contributed by atoms with van der Waals surface area (Å²) >= 11 is 0. The molecule has 2 heteroatoms. The Morgan fingerprint density at radius 3 is 2.22 bits per heavy atom. The molecule has 1 saturated heterocycles. The molecule has 0 bridgehead atoms. The predicted molar refractivity (Wildman–Crippen MR) is 80.9 cm³/mol. The van der Waals surface area contributed by atoms with Gasteiger partial charge in [0.2, 0.25) is 0 Å². The fourth-order valence-corrected chi connectivity index (χ4v) is 3.13. The fraction of sp³-hybridized carbons (Fsp3) is 1.00. The monoisotopic (exact) mass is 254 g/mol. The van der Waals surface area contributed by atoms with Gasteiger partial charge in [-0.05, 0) is 43.9 Å². The third-order valence-corrected chi connectivity index (χ3v) is 4.04. The lowest BCUT2D eigenvalue weighted by molar-refractivity contribution is 0.140. The van der Waals surface area contributed by atoms with Crippen molar-refractivity contribution in [2.75, 3.05) is 26.2 Å². The molecule has 1 heterocycles. The summed E-state index contributed by atoms with van der Waals surface area (Å²) in [5.41, 5.74) is 0. The van der Waals surface area contributed by atoms with Crippen LogP contribution < -0.4 is 5.32 Å². The van der Waals surface area contributed by atoms with Crippen LogP contribution in [0.15, 0.2) is 0 Å². The van der Waals surface area contributed by atoms with E-state index in [9.17, 15) is 0 Å². The maximum Gasteiger partial charge on any atom is 0.0107 e. The quantitative estimate of drug-likeness (QED) is 0.749. The van der Waals surface area contributed by atoms with E-state index in [0.717, 1.165) is 24.3 Å². The molecule has 0 aliphatic carbocycles. The molecule has 0 radical (unpaired) electrons. The Morgan fingerprint density at radius 1 is 1.06 bits per heavy atom. The van der Waals surface area contributed by atoms with Gasteiger partial charge < -0.3 is 10.2 Å². The lowest BCUT2D eigenvalue weighted by atomic mass is 9.92. The smallest absolute Gasteiger partial charge is 0.0107 e. The van der Waals surface area contributed by atoms with Gasteiger partial charge in [-0.2, -0.15) is 0 Å². The number of likely N-dealkylation sites (tertiary alicyclic amines) is 1. The lowest BCUT2D eigenvalue weighted by Crippen LogP contribution is -2.43. The van der Waals surface area contributed by atoms with Crippen molar-refractivity contribution in [3.05, 3.63) is 0 Å². The van der Waals surface area contributed by atoms with Crippen molar-refractivity contribution in [3.8, 4) is 0 Å². The first-order valence-corrected chi connectivity index (χ1v) is 7.93. The minimum Gasteiger partial charge on any atom is -0.313 e. The third kappa shape index (κ3) is 6.75. The summed E-state index contributed by atoms with van der Waals surface area (Å²) in [6.45, 7) is 16.7. The predicted octanol–water partition coefficient (Wildman–Crippen LogP) is 3.38.